The fourth-order valence-corrected chi connectivity index (χ4v) is 3.04. The highest BCUT2D eigenvalue weighted by molar-refractivity contribution is 7.89. The number of nitrogens with zero attached hydrogens (tertiary/aromatic N) is 1. The van der Waals surface area contributed by atoms with Crippen molar-refractivity contribution in [3.8, 4) is 0 Å². The Labute approximate surface area is 105 Å². The molecule has 1 rings (SSSR count). The molecule has 6 nitrogen and oxygen atoms in total. The highest BCUT2D eigenvalue weighted by Crippen LogP contribution is 2.21. The highest BCUT2D eigenvalue weighted by Gasteiger charge is 2.19. The van der Waals surface area contributed by atoms with Gasteiger partial charge in [-0.2, -0.15) is 18.4 Å². The van der Waals surface area contributed by atoms with Gasteiger partial charge in [0, 0.05) is 0 Å². The van der Waals surface area contributed by atoms with Crippen LogP contribution in [0, 0.1) is 20.8 Å². The molecule has 0 spiro atoms. The van der Waals surface area contributed by atoms with Crippen LogP contribution in [0.1, 0.15) is 16.7 Å². The first-order valence-electron chi connectivity index (χ1n) is 5.09. The molecule has 1 aromatic carbocycles. The average Bonchev–Trinajstić information content (AvgIpc) is 2.13. The topological polar surface area (TPSA) is 95.8 Å². The van der Waals surface area contributed by atoms with Crippen molar-refractivity contribution in [2.75, 3.05) is 0 Å². The van der Waals surface area contributed by atoms with Crippen molar-refractivity contribution in [3.63, 3.8) is 0 Å². The minimum absolute atomic E-state index is 0.121. The summed E-state index contributed by atoms with van der Waals surface area (Å²) in [6.45, 7) is 5.22. The van der Waals surface area contributed by atoms with Crippen LogP contribution in [0.5, 0.6) is 0 Å². The molecule has 18 heavy (non-hydrogen) atoms. The normalized spacial score (nSPS) is 11.7. The average molecular weight is 270 g/mol. The van der Waals surface area contributed by atoms with E-state index in [-0.39, 0.29) is 4.90 Å². The van der Waals surface area contributed by atoms with Crippen LogP contribution in [0.4, 0.5) is 0 Å². The first-order valence-corrected chi connectivity index (χ1v) is 6.58. The van der Waals surface area contributed by atoms with Crippen LogP contribution in [0.2, 0.25) is 0 Å². The summed E-state index contributed by atoms with van der Waals surface area (Å²) in [6, 6.07) is 3.48. The molecule has 98 valence electrons. The SMILES string of the molecule is Cc1cc(C)c(S(=O)(=O)N/N=C/C(=O)O)c(C)c1. The summed E-state index contributed by atoms with van der Waals surface area (Å²) in [7, 11) is -3.85. The summed E-state index contributed by atoms with van der Waals surface area (Å²) in [5, 5.41) is 11.5. The van der Waals surface area contributed by atoms with Gasteiger partial charge in [0.15, 0.2) is 0 Å². The minimum Gasteiger partial charge on any atom is -0.477 e. The Hall–Kier alpha value is -1.89. The minimum atomic E-state index is -3.85. The second-order valence-corrected chi connectivity index (χ2v) is 5.52. The Morgan fingerprint density at radius 2 is 1.78 bits per heavy atom. The second-order valence-electron chi connectivity index (χ2n) is 3.92. The van der Waals surface area contributed by atoms with Gasteiger partial charge in [-0.25, -0.2) is 4.79 Å². The lowest BCUT2D eigenvalue weighted by Crippen LogP contribution is -2.21. The van der Waals surface area contributed by atoms with Crippen molar-refractivity contribution < 1.29 is 18.3 Å². The van der Waals surface area contributed by atoms with Crippen molar-refractivity contribution in [1.29, 1.82) is 0 Å². The maximum Gasteiger partial charge on any atom is 0.348 e. The molecule has 0 saturated heterocycles. The van der Waals surface area contributed by atoms with E-state index in [9.17, 15) is 13.2 Å². The monoisotopic (exact) mass is 270 g/mol. The van der Waals surface area contributed by atoms with Gasteiger partial charge in [0.25, 0.3) is 10.0 Å². The van der Waals surface area contributed by atoms with Crippen LogP contribution in [0.15, 0.2) is 22.1 Å². The summed E-state index contributed by atoms with van der Waals surface area (Å²) < 4.78 is 23.9. The molecular weight excluding hydrogens is 256 g/mol. The lowest BCUT2D eigenvalue weighted by molar-refractivity contribution is -0.128. The van der Waals surface area contributed by atoms with Gasteiger partial charge in [0.05, 0.1) is 4.90 Å². The number of benzene rings is 1. The molecule has 0 atom stereocenters. The lowest BCUT2D eigenvalue weighted by atomic mass is 10.1. The molecule has 0 heterocycles. The zero-order valence-corrected chi connectivity index (χ0v) is 11.1. The van der Waals surface area contributed by atoms with Gasteiger partial charge in [0.1, 0.15) is 6.21 Å². The van der Waals surface area contributed by atoms with Crippen molar-refractivity contribution >= 4 is 22.2 Å². The van der Waals surface area contributed by atoms with Crippen molar-refractivity contribution in [2.24, 2.45) is 5.10 Å². The van der Waals surface area contributed by atoms with E-state index >= 15 is 0 Å². The third-order valence-corrected chi connectivity index (χ3v) is 3.75. The van der Waals surface area contributed by atoms with Gasteiger partial charge in [-0.1, -0.05) is 17.7 Å². The first-order chi connectivity index (χ1) is 8.24. The fraction of sp³-hybridized carbons (Fsp3) is 0.273. The molecule has 0 fully saturated rings. The van der Waals surface area contributed by atoms with Crippen LogP contribution in [-0.2, 0) is 14.8 Å². The summed E-state index contributed by atoms with van der Waals surface area (Å²) >= 11 is 0. The number of hydrogen-bond donors (Lipinski definition) is 2. The van der Waals surface area contributed by atoms with Gasteiger partial charge in [-0.15, -0.1) is 0 Å². The van der Waals surface area contributed by atoms with Crippen molar-refractivity contribution in [2.45, 2.75) is 25.7 Å². The van der Waals surface area contributed by atoms with E-state index in [0.717, 1.165) is 5.56 Å². The van der Waals surface area contributed by atoms with Crippen molar-refractivity contribution in [3.05, 3.63) is 28.8 Å². The van der Waals surface area contributed by atoms with Gasteiger partial charge in [-0.3, -0.25) is 0 Å². The van der Waals surface area contributed by atoms with Gasteiger partial charge in [-0.05, 0) is 31.9 Å². The molecule has 0 bridgehead atoms. The lowest BCUT2D eigenvalue weighted by Gasteiger charge is -2.11. The van der Waals surface area contributed by atoms with Crippen molar-refractivity contribution in [1.82, 2.24) is 4.83 Å². The number of carboxylic acids is 1. The highest BCUT2D eigenvalue weighted by atomic mass is 32.2. The Balaban J connectivity index is 3.17. The Morgan fingerprint density at radius 3 is 2.22 bits per heavy atom. The molecule has 0 aromatic heterocycles. The van der Waals surface area contributed by atoms with E-state index in [4.69, 9.17) is 5.11 Å². The number of sulfonamides is 1. The summed E-state index contributed by atoms with van der Waals surface area (Å²) in [4.78, 5) is 12.2. The quantitative estimate of drug-likeness (QED) is 0.629. The second kappa shape index (κ2) is 5.18. The number of carbonyl (C=O) groups is 1. The molecule has 1 aromatic rings. The Morgan fingerprint density at radius 1 is 1.28 bits per heavy atom. The van der Waals surface area contributed by atoms with Crippen LogP contribution in [0.25, 0.3) is 0 Å². The molecule has 0 radical (unpaired) electrons. The largest absolute Gasteiger partial charge is 0.477 e. The number of aliphatic carboxylic acids is 1. The smallest absolute Gasteiger partial charge is 0.348 e. The molecule has 0 amide bonds. The van der Waals surface area contributed by atoms with Crippen LogP contribution < -0.4 is 4.83 Å². The number of hydrogen-bond acceptors (Lipinski definition) is 4. The number of hydrazone groups is 1. The zero-order chi connectivity index (χ0) is 13.9. The van der Waals surface area contributed by atoms with E-state index in [1.54, 1.807) is 26.0 Å². The Kier molecular flexibility index (Phi) is 4.07. The van der Waals surface area contributed by atoms with Crippen LogP contribution in [-0.4, -0.2) is 25.7 Å². The summed E-state index contributed by atoms with van der Waals surface area (Å²) in [5.74, 6) is -1.32. The zero-order valence-electron chi connectivity index (χ0n) is 10.3. The molecule has 0 aliphatic rings. The van der Waals surface area contributed by atoms with E-state index in [1.165, 1.54) is 0 Å². The third-order valence-electron chi connectivity index (χ3n) is 2.22. The predicted octanol–water partition coefficient (Wildman–Crippen LogP) is 0.961. The standard InChI is InChI=1S/C11H14N2O4S/c1-7-4-8(2)11(9(3)5-7)18(16,17)13-12-6-10(14)15/h4-6,13H,1-3H3,(H,14,15)/b12-6+. The van der Waals surface area contributed by atoms with E-state index in [2.05, 4.69) is 5.10 Å². The molecule has 0 aliphatic carbocycles. The Bertz CT molecular complexity index is 582. The molecule has 0 aliphatic heterocycles. The fourth-order valence-electron chi connectivity index (χ4n) is 1.79. The number of aryl methyl sites for hydroxylation is 3. The van der Waals surface area contributed by atoms with E-state index < -0.39 is 16.0 Å². The maximum atomic E-state index is 11.9. The number of rotatable bonds is 4. The van der Waals surface area contributed by atoms with E-state index in [0.29, 0.717) is 17.3 Å². The predicted molar refractivity (Wildman–Crippen MR) is 67.1 cm³/mol. The number of carboxylic acid groups (broad SMARTS) is 1. The summed E-state index contributed by atoms with van der Waals surface area (Å²) in [6.07, 6.45) is 0.483. The molecular formula is C11H14N2O4S. The van der Waals surface area contributed by atoms with E-state index in [1.807, 2.05) is 11.8 Å². The van der Waals surface area contributed by atoms with Gasteiger partial charge < -0.3 is 5.11 Å². The molecule has 0 unspecified atom stereocenters. The summed E-state index contributed by atoms with van der Waals surface area (Å²) in [5.41, 5.74) is 2.13. The molecule has 0 saturated carbocycles. The van der Waals surface area contributed by atoms with Gasteiger partial charge >= 0.3 is 5.97 Å². The molecule has 2 N–H and O–H groups in total. The maximum absolute atomic E-state index is 11.9. The van der Waals surface area contributed by atoms with Gasteiger partial charge in [0.2, 0.25) is 0 Å². The first kappa shape index (κ1) is 14.2. The van der Waals surface area contributed by atoms with Crippen LogP contribution >= 0.6 is 0 Å². The number of nitrogens with one attached hydrogen (secondary N) is 1. The molecule has 7 heteroatoms. The third kappa shape index (κ3) is 3.30. The van der Waals surface area contributed by atoms with Crippen LogP contribution in [0.3, 0.4) is 0 Å².